The number of benzene rings is 2. The second-order valence-corrected chi connectivity index (χ2v) is 10.3. The van der Waals surface area contributed by atoms with Crippen molar-refractivity contribution in [2.45, 2.75) is 20.3 Å². The van der Waals surface area contributed by atoms with Crippen LogP contribution in [-0.2, 0) is 10.0 Å². The third kappa shape index (κ3) is 4.92. The standard InChI is InChI=1S/C24H28N4O5S/c1-15-16(2)27-20-8-7-17(11-18(15)20)33-24-19-12-22(31-4)23(13-21(19)25-14-26-24)32-10-6-9-28(3)34(5,29)30/h7-8,11-14,27H,6,9-10H2,1-5H3. The number of nitrogens with zero attached hydrogens (tertiary/aromatic N) is 3. The van der Waals surface area contributed by atoms with Gasteiger partial charge < -0.3 is 19.2 Å². The Kier molecular flexibility index (Phi) is 6.63. The molecule has 4 aromatic rings. The van der Waals surface area contributed by atoms with E-state index in [0.29, 0.717) is 53.6 Å². The van der Waals surface area contributed by atoms with E-state index in [0.717, 1.165) is 16.6 Å². The zero-order valence-electron chi connectivity index (χ0n) is 19.9. The first-order chi connectivity index (χ1) is 16.2. The SMILES string of the molecule is COc1cc2c(Oc3ccc4[nH]c(C)c(C)c4c3)ncnc2cc1OCCCN(C)S(C)(=O)=O. The molecule has 2 aromatic carbocycles. The number of aromatic amines is 1. The van der Waals surface area contributed by atoms with Crippen molar-refractivity contribution < 1.29 is 22.6 Å². The Morgan fingerprint density at radius 3 is 2.59 bits per heavy atom. The Bertz CT molecular complexity index is 1450. The number of nitrogens with one attached hydrogen (secondary N) is 1. The van der Waals surface area contributed by atoms with Crippen LogP contribution in [0, 0.1) is 13.8 Å². The van der Waals surface area contributed by atoms with Gasteiger partial charge in [-0.1, -0.05) is 0 Å². The number of hydrogen-bond donors (Lipinski definition) is 1. The molecule has 0 unspecified atom stereocenters. The molecule has 0 radical (unpaired) electrons. The fraction of sp³-hybridized carbons (Fsp3) is 0.333. The predicted octanol–water partition coefficient (Wildman–Crippen LogP) is 4.19. The van der Waals surface area contributed by atoms with Gasteiger partial charge in [-0.2, -0.15) is 0 Å². The molecule has 0 atom stereocenters. The van der Waals surface area contributed by atoms with Crippen LogP contribution in [0.2, 0.25) is 0 Å². The molecule has 2 aromatic heterocycles. The van der Waals surface area contributed by atoms with Gasteiger partial charge >= 0.3 is 0 Å². The van der Waals surface area contributed by atoms with Gasteiger partial charge in [-0.3, -0.25) is 0 Å². The van der Waals surface area contributed by atoms with Crippen LogP contribution < -0.4 is 14.2 Å². The van der Waals surface area contributed by atoms with Crippen LogP contribution in [0.5, 0.6) is 23.1 Å². The van der Waals surface area contributed by atoms with Crippen molar-refractivity contribution in [3.8, 4) is 23.1 Å². The molecule has 4 rings (SSSR count). The van der Waals surface area contributed by atoms with Gasteiger partial charge in [0.2, 0.25) is 15.9 Å². The van der Waals surface area contributed by atoms with Crippen molar-refractivity contribution in [2.75, 3.05) is 33.6 Å². The van der Waals surface area contributed by atoms with Crippen LogP contribution in [0.3, 0.4) is 0 Å². The maximum absolute atomic E-state index is 11.5. The summed E-state index contributed by atoms with van der Waals surface area (Å²) in [6.07, 6.45) is 3.15. The maximum atomic E-state index is 11.5. The van der Waals surface area contributed by atoms with Gasteiger partial charge in [-0.25, -0.2) is 22.7 Å². The molecule has 10 heteroatoms. The molecule has 0 aliphatic rings. The van der Waals surface area contributed by atoms with E-state index < -0.39 is 10.0 Å². The minimum atomic E-state index is -3.21. The summed E-state index contributed by atoms with van der Waals surface area (Å²) >= 11 is 0. The van der Waals surface area contributed by atoms with E-state index in [1.54, 1.807) is 26.3 Å². The van der Waals surface area contributed by atoms with Crippen LogP contribution in [0.4, 0.5) is 0 Å². The Hall–Kier alpha value is -3.37. The first-order valence-corrected chi connectivity index (χ1v) is 12.7. The van der Waals surface area contributed by atoms with Gasteiger partial charge in [0.15, 0.2) is 11.5 Å². The number of aryl methyl sites for hydroxylation is 2. The minimum Gasteiger partial charge on any atom is -0.493 e. The van der Waals surface area contributed by atoms with Crippen molar-refractivity contribution in [3.63, 3.8) is 0 Å². The molecule has 34 heavy (non-hydrogen) atoms. The van der Waals surface area contributed by atoms with Gasteiger partial charge in [0.05, 0.1) is 30.9 Å². The summed E-state index contributed by atoms with van der Waals surface area (Å²) in [6, 6.07) is 9.43. The second-order valence-electron chi connectivity index (χ2n) is 8.17. The Balaban J connectivity index is 1.56. The number of rotatable bonds is 9. The van der Waals surface area contributed by atoms with Gasteiger partial charge in [0, 0.05) is 36.3 Å². The van der Waals surface area contributed by atoms with Gasteiger partial charge in [0.25, 0.3) is 0 Å². The van der Waals surface area contributed by atoms with Gasteiger partial charge in [-0.05, 0) is 50.1 Å². The number of sulfonamides is 1. The summed E-state index contributed by atoms with van der Waals surface area (Å²) in [7, 11) is -0.115. The summed E-state index contributed by atoms with van der Waals surface area (Å²) in [4.78, 5) is 12.0. The van der Waals surface area contributed by atoms with E-state index in [1.165, 1.54) is 22.5 Å². The lowest BCUT2D eigenvalue weighted by atomic mass is 10.1. The van der Waals surface area contributed by atoms with E-state index in [1.807, 2.05) is 25.1 Å². The molecular weight excluding hydrogens is 456 g/mol. The largest absolute Gasteiger partial charge is 0.493 e. The van der Waals surface area contributed by atoms with Crippen LogP contribution in [-0.4, -0.2) is 61.2 Å². The normalized spacial score (nSPS) is 11.9. The van der Waals surface area contributed by atoms with Crippen LogP contribution in [0.15, 0.2) is 36.7 Å². The average molecular weight is 485 g/mol. The topological polar surface area (TPSA) is 107 Å². The first-order valence-electron chi connectivity index (χ1n) is 10.8. The molecule has 0 fully saturated rings. The monoisotopic (exact) mass is 484 g/mol. The van der Waals surface area contributed by atoms with E-state index in [9.17, 15) is 8.42 Å². The molecule has 180 valence electrons. The molecule has 0 spiro atoms. The molecular formula is C24H28N4O5S. The first kappa shape index (κ1) is 23.8. The van der Waals surface area contributed by atoms with Crippen LogP contribution >= 0.6 is 0 Å². The molecule has 0 saturated heterocycles. The fourth-order valence-electron chi connectivity index (χ4n) is 3.64. The molecule has 0 saturated carbocycles. The van der Waals surface area contributed by atoms with Crippen molar-refractivity contribution in [1.29, 1.82) is 0 Å². The maximum Gasteiger partial charge on any atom is 0.230 e. The van der Waals surface area contributed by atoms with E-state index in [4.69, 9.17) is 14.2 Å². The fourth-order valence-corrected chi connectivity index (χ4v) is 4.11. The lowest BCUT2D eigenvalue weighted by Gasteiger charge is -2.15. The summed E-state index contributed by atoms with van der Waals surface area (Å²) in [5, 5.41) is 1.79. The zero-order chi connectivity index (χ0) is 24.5. The minimum absolute atomic E-state index is 0.325. The van der Waals surface area contributed by atoms with Crippen LogP contribution in [0.1, 0.15) is 17.7 Å². The lowest BCUT2D eigenvalue weighted by molar-refractivity contribution is 0.280. The third-order valence-electron chi connectivity index (χ3n) is 5.82. The average Bonchev–Trinajstić information content (AvgIpc) is 3.08. The second kappa shape index (κ2) is 9.47. The molecule has 9 nitrogen and oxygen atoms in total. The Labute approximate surface area is 198 Å². The molecule has 0 amide bonds. The highest BCUT2D eigenvalue weighted by Crippen LogP contribution is 2.36. The van der Waals surface area contributed by atoms with E-state index in [2.05, 4.69) is 21.9 Å². The van der Waals surface area contributed by atoms with E-state index in [-0.39, 0.29) is 0 Å². The number of methoxy groups -OCH3 is 1. The summed E-state index contributed by atoms with van der Waals surface area (Å²) < 4.78 is 41.9. The summed E-state index contributed by atoms with van der Waals surface area (Å²) in [6.45, 7) is 4.80. The van der Waals surface area contributed by atoms with E-state index >= 15 is 0 Å². The smallest absolute Gasteiger partial charge is 0.230 e. The van der Waals surface area contributed by atoms with Gasteiger partial charge in [-0.15, -0.1) is 0 Å². The number of ether oxygens (including phenoxy) is 3. The quantitative estimate of drug-likeness (QED) is 0.355. The highest BCUT2D eigenvalue weighted by Gasteiger charge is 2.15. The number of aromatic nitrogens is 3. The summed E-state index contributed by atoms with van der Waals surface area (Å²) in [5.41, 5.74) is 4.00. The van der Waals surface area contributed by atoms with Crippen molar-refractivity contribution in [1.82, 2.24) is 19.3 Å². The van der Waals surface area contributed by atoms with Gasteiger partial charge in [0.1, 0.15) is 12.1 Å². The molecule has 1 N–H and O–H groups in total. The van der Waals surface area contributed by atoms with Crippen molar-refractivity contribution in [2.24, 2.45) is 0 Å². The Morgan fingerprint density at radius 1 is 1.06 bits per heavy atom. The number of hydrogen-bond acceptors (Lipinski definition) is 7. The zero-order valence-corrected chi connectivity index (χ0v) is 20.7. The Morgan fingerprint density at radius 2 is 1.85 bits per heavy atom. The van der Waals surface area contributed by atoms with Crippen molar-refractivity contribution in [3.05, 3.63) is 47.9 Å². The van der Waals surface area contributed by atoms with Crippen LogP contribution in [0.25, 0.3) is 21.8 Å². The summed E-state index contributed by atoms with van der Waals surface area (Å²) in [5.74, 6) is 2.11. The molecule has 0 aliphatic carbocycles. The highest BCUT2D eigenvalue weighted by molar-refractivity contribution is 7.88. The van der Waals surface area contributed by atoms with Crippen molar-refractivity contribution >= 4 is 31.8 Å². The highest BCUT2D eigenvalue weighted by atomic mass is 32.2. The predicted molar refractivity (Wildman–Crippen MR) is 132 cm³/mol. The number of fused-ring (bicyclic) bond motifs is 2. The lowest BCUT2D eigenvalue weighted by Crippen LogP contribution is -2.27. The third-order valence-corrected chi connectivity index (χ3v) is 7.13. The number of H-pyrrole nitrogens is 1. The molecule has 0 aliphatic heterocycles. The molecule has 0 bridgehead atoms. The molecule has 2 heterocycles.